The topological polar surface area (TPSA) is 63.2 Å². The third-order valence-electron chi connectivity index (χ3n) is 11.9. The second-order valence-corrected chi connectivity index (χ2v) is 39.1. The standard InChI is InChI=1S/2C27H23O3.C2H6Si.2ClH.Zr/c2*1-4-17-9-10-18-11-21(27-24-8-6-5-7-19(24)16-30-27)14-25(18)26(17)20-12-22(28-2)15-23(13-20)29-3;1-3-2;;;/h2*5-16H,4H2,1-3H3;1-2H3;2*1H;/q2*-1;;;;+2/p-2. The first-order valence-corrected chi connectivity index (χ1v) is 34.4. The second-order valence-electron chi connectivity index (χ2n) is 16.2. The Bertz CT molecular complexity index is 3080. The van der Waals surface area contributed by atoms with Crippen molar-refractivity contribution < 1.29 is 45.8 Å². The Balaban J connectivity index is 0.000000160. The quantitative estimate of drug-likeness (QED) is 0.100. The number of aryl methyl sites for hydroxylation is 2. The number of methoxy groups -OCH3 is 4. The van der Waals surface area contributed by atoms with E-state index in [0.717, 1.165) is 91.2 Å². The van der Waals surface area contributed by atoms with Gasteiger partial charge in [0, 0.05) is 22.9 Å². The Morgan fingerprint density at radius 2 is 0.864 bits per heavy atom. The molecule has 10 heteroatoms. The second kappa shape index (κ2) is 21.0. The summed E-state index contributed by atoms with van der Waals surface area (Å²) in [5, 5.41) is 9.30. The predicted molar refractivity (Wildman–Crippen MR) is 275 cm³/mol. The summed E-state index contributed by atoms with van der Waals surface area (Å²) in [6.45, 7) is 8.71. The van der Waals surface area contributed by atoms with E-state index in [9.17, 15) is 0 Å². The Kier molecular flexibility index (Phi) is 14.9. The van der Waals surface area contributed by atoms with Gasteiger partial charge in [0.1, 0.15) is 23.0 Å². The molecule has 0 aliphatic heterocycles. The van der Waals surface area contributed by atoms with Crippen molar-refractivity contribution in [1.29, 1.82) is 0 Å². The summed E-state index contributed by atoms with van der Waals surface area (Å²) in [6.07, 6.45) is 5.53. The van der Waals surface area contributed by atoms with E-state index in [1.165, 1.54) is 43.8 Å². The van der Waals surface area contributed by atoms with Crippen molar-refractivity contribution in [2.45, 2.75) is 39.8 Å². The number of rotatable bonds is 10. The molecule has 2 heterocycles. The Labute approximate surface area is 401 Å². The SMILES string of the molecule is CCc1ccc2[cH-]c(-c3occ4ccccc34)cc2c1-c1cc(OC)cc(OC)c1.CCc1ccc2[cH-]c(-c3occ4ccccc34)cc2c1-c1cc(OC)cc(OC)c1.C[Si](C)=[Zr]([Cl])[Cl]. The molecule has 336 valence electrons. The summed E-state index contributed by atoms with van der Waals surface area (Å²) in [7, 11) is 18.0. The van der Waals surface area contributed by atoms with E-state index in [4.69, 9.17) is 44.8 Å². The first-order chi connectivity index (χ1) is 32.1. The summed E-state index contributed by atoms with van der Waals surface area (Å²) >= 11 is -1.65. The molecule has 0 N–H and O–H groups in total. The number of benzene rings is 6. The number of halogens is 2. The minimum absolute atomic E-state index is 0.224. The molecule has 0 atom stereocenters. The number of fused-ring (bicyclic) bond motifs is 4. The summed E-state index contributed by atoms with van der Waals surface area (Å²) in [6, 6.07) is 46.4. The van der Waals surface area contributed by atoms with E-state index in [-0.39, 0.29) is 5.43 Å². The van der Waals surface area contributed by atoms with Gasteiger partial charge in [-0.3, -0.25) is 0 Å². The van der Waals surface area contributed by atoms with Crippen LogP contribution in [0.2, 0.25) is 13.1 Å². The first kappa shape index (κ1) is 47.0. The van der Waals surface area contributed by atoms with Crippen LogP contribution in [0.5, 0.6) is 23.0 Å². The van der Waals surface area contributed by atoms with Gasteiger partial charge in [-0.1, -0.05) is 96.8 Å². The maximum atomic E-state index is 5.97. The van der Waals surface area contributed by atoms with E-state index in [2.05, 4.69) is 124 Å². The molecule has 0 aliphatic rings. The van der Waals surface area contributed by atoms with Gasteiger partial charge in [0.15, 0.2) is 0 Å². The molecule has 0 amide bonds. The fraction of sp³-hybridized carbons (Fsp3) is 0.179. The number of hydrogen-bond donors (Lipinski definition) is 0. The summed E-state index contributed by atoms with van der Waals surface area (Å²) in [5.41, 5.74) is 9.16. The van der Waals surface area contributed by atoms with Crippen molar-refractivity contribution in [3.8, 4) is 67.9 Å². The van der Waals surface area contributed by atoms with Crippen LogP contribution >= 0.6 is 17.0 Å². The Morgan fingerprint density at radius 3 is 1.20 bits per heavy atom. The Morgan fingerprint density at radius 1 is 0.500 bits per heavy atom. The van der Waals surface area contributed by atoms with Crippen LogP contribution < -0.4 is 18.9 Å². The average Bonchev–Trinajstić information content (AvgIpc) is 4.18. The molecule has 10 aromatic rings. The summed E-state index contributed by atoms with van der Waals surface area (Å²) < 4.78 is 34.0. The van der Waals surface area contributed by atoms with E-state index >= 15 is 0 Å². The van der Waals surface area contributed by atoms with Gasteiger partial charge in [-0.15, -0.1) is 57.9 Å². The molecule has 0 spiro atoms. The molecule has 0 bridgehead atoms. The molecule has 6 nitrogen and oxygen atoms in total. The van der Waals surface area contributed by atoms with Crippen LogP contribution in [-0.4, -0.2) is 33.9 Å². The normalized spacial score (nSPS) is 11.0. The molecule has 8 aromatic carbocycles. The molecule has 0 fully saturated rings. The fourth-order valence-corrected chi connectivity index (χ4v) is 8.52. The molecule has 0 saturated carbocycles. The van der Waals surface area contributed by atoms with Crippen molar-refractivity contribution in [2.24, 2.45) is 0 Å². The molecule has 66 heavy (non-hydrogen) atoms. The zero-order valence-corrected chi connectivity index (χ0v) is 43.4. The van der Waals surface area contributed by atoms with Gasteiger partial charge in [0.25, 0.3) is 0 Å². The van der Waals surface area contributed by atoms with E-state index < -0.39 is 18.0 Å². The number of furan rings is 2. The summed E-state index contributed by atoms with van der Waals surface area (Å²) in [5.74, 6) is 4.96. The monoisotopic (exact) mass is 1010 g/mol. The molecule has 2 aromatic heterocycles. The van der Waals surface area contributed by atoms with Crippen LogP contribution in [0.4, 0.5) is 0 Å². The van der Waals surface area contributed by atoms with Crippen molar-refractivity contribution >= 4 is 65.5 Å². The predicted octanol–water partition coefficient (Wildman–Crippen LogP) is 16.6. The first-order valence-electron chi connectivity index (χ1n) is 21.9. The van der Waals surface area contributed by atoms with Gasteiger partial charge >= 0.3 is 53.5 Å². The van der Waals surface area contributed by atoms with E-state index in [1.807, 2.05) is 48.9 Å². The number of hydrogen-bond acceptors (Lipinski definition) is 6. The van der Waals surface area contributed by atoms with Crippen LogP contribution in [0.15, 0.2) is 155 Å². The third-order valence-corrected chi connectivity index (χ3v) is 31.7. The zero-order chi connectivity index (χ0) is 46.5. The maximum absolute atomic E-state index is 5.97. The third kappa shape index (κ3) is 9.80. The molecule has 0 aliphatic carbocycles. The molecule has 0 unspecified atom stereocenters. The molecular weight excluding hydrogens is 959 g/mol. The number of ether oxygens (including phenoxy) is 4. The van der Waals surface area contributed by atoms with Gasteiger partial charge in [-0.25, -0.2) is 0 Å². The molecular formula is C56H52Cl2O6SiZr-2. The van der Waals surface area contributed by atoms with Crippen molar-refractivity contribution in [3.05, 3.63) is 157 Å². The van der Waals surface area contributed by atoms with Gasteiger partial charge in [-0.05, 0) is 70.1 Å². The van der Waals surface area contributed by atoms with Crippen LogP contribution in [0, 0.1) is 0 Å². The molecule has 10 rings (SSSR count). The van der Waals surface area contributed by atoms with Crippen LogP contribution in [0.25, 0.3) is 88.0 Å². The fourth-order valence-electron chi connectivity index (χ4n) is 8.52. The van der Waals surface area contributed by atoms with Gasteiger partial charge < -0.3 is 27.8 Å². The van der Waals surface area contributed by atoms with Gasteiger partial charge in [0.2, 0.25) is 0 Å². The summed E-state index contributed by atoms with van der Waals surface area (Å²) in [4.78, 5) is 0. The van der Waals surface area contributed by atoms with Gasteiger partial charge in [0.05, 0.1) is 52.5 Å². The van der Waals surface area contributed by atoms with E-state index in [0.29, 0.717) is 0 Å². The molecule has 0 radical (unpaired) electrons. The van der Waals surface area contributed by atoms with Gasteiger partial charge in [-0.2, -0.15) is 0 Å². The van der Waals surface area contributed by atoms with Crippen LogP contribution in [-0.2, 0) is 30.8 Å². The van der Waals surface area contributed by atoms with Crippen molar-refractivity contribution in [2.75, 3.05) is 28.4 Å². The van der Waals surface area contributed by atoms with Crippen LogP contribution in [0.1, 0.15) is 25.0 Å². The minimum atomic E-state index is -1.65. The van der Waals surface area contributed by atoms with Crippen molar-refractivity contribution in [1.82, 2.24) is 0 Å². The van der Waals surface area contributed by atoms with Crippen LogP contribution in [0.3, 0.4) is 0 Å². The molecule has 0 saturated heterocycles. The van der Waals surface area contributed by atoms with E-state index in [1.54, 1.807) is 28.4 Å². The van der Waals surface area contributed by atoms with Crippen molar-refractivity contribution in [3.63, 3.8) is 0 Å². The average molecular weight is 1010 g/mol. The zero-order valence-electron chi connectivity index (χ0n) is 38.5. The Hall–Kier alpha value is -5.50.